The number of primary amides is 1. The first kappa shape index (κ1) is 27.3. The fourth-order valence-electron chi connectivity index (χ4n) is 3.85. The normalized spacial score (nSPS) is 13.0. The molecule has 1 amide bonds. The highest BCUT2D eigenvalue weighted by molar-refractivity contribution is 5.73. The Morgan fingerprint density at radius 1 is 0.774 bits per heavy atom. The SMILES string of the molecule is NC(=O)CCCCCCC/C=C\CCCCCCCCC(c1ccccc1)C(F)(F)F. The molecule has 0 spiro atoms. The van der Waals surface area contributed by atoms with Crippen molar-refractivity contribution >= 4 is 5.91 Å². The Bertz CT molecular complexity index is 598. The molecule has 0 aliphatic carbocycles. The number of benzene rings is 1. The standard InChI is InChI=1S/C26H40F3NO/c27-26(28,29)24(23-19-15-14-16-20-23)21-17-12-10-8-6-4-2-1-3-5-7-9-11-13-18-22-25(30)31/h1,3,14-16,19-20,24H,2,4-13,17-18,21-22H2,(H2,30,31)/b3-1-. The molecule has 0 radical (unpaired) electrons. The van der Waals surface area contributed by atoms with E-state index in [1.54, 1.807) is 30.3 Å². The van der Waals surface area contributed by atoms with Gasteiger partial charge in [-0.15, -0.1) is 0 Å². The van der Waals surface area contributed by atoms with Gasteiger partial charge in [0.05, 0.1) is 5.92 Å². The lowest BCUT2D eigenvalue weighted by molar-refractivity contribution is -0.152. The summed E-state index contributed by atoms with van der Waals surface area (Å²) in [5.41, 5.74) is 5.49. The highest BCUT2D eigenvalue weighted by Gasteiger charge is 2.39. The van der Waals surface area contributed by atoms with Crippen molar-refractivity contribution < 1.29 is 18.0 Å². The van der Waals surface area contributed by atoms with E-state index in [9.17, 15) is 18.0 Å². The summed E-state index contributed by atoms with van der Waals surface area (Å²) in [4.78, 5) is 10.6. The molecule has 0 aromatic heterocycles. The predicted molar refractivity (Wildman–Crippen MR) is 123 cm³/mol. The maximum absolute atomic E-state index is 13.3. The van der Waals surface area contributed by atoms with Crippen LogP contribution in [0.4, 0.5) is 13.2 Å². The van der Waals surface area contributed by atoms with Crippen LogP contribution in [0.25, 0.3) is 0 Å². The van der Waals surface area contributed by atoms with E-state index in [0.29, 0.717) is 18.4 Å². The first-order valence-corrected chi connectivity index (χ1v) is 12.0. The van der Waals surface area contributed by atoms with Crippen molar-refractivity contribution in [1.82, 2.24) is 0 Å². The summed E-state index contributed by atoms with van der Waals surface area (Å²) in [6.45, 7) is 0. The number of amides is 1. The zero-order valence-corrected chi connectivity index (χ0v) is 18.8. The molecule has 0 fully saturated rings. The first-order valence-electron chi connectivity index (χ1n) is 12.0. The molecule has 0 saturated heterocycles. The van der Waals surface area contributed by atoms with Gasteiger partial charge in [0.15, 0.2) is 0 Å². The van der Waals surface area contributed by atoms with Crippen molar-refractivity contribution in [2.45, 2.75) is 108 Å². The van der Waals surface area contributed by atoms with E-state index in [1.165, 1.54) is 12.8 Å². The van der Waals surface area contributed by atoms with Crippen molar-refractivity contribution in [3.8, 4) is 0 Å². The number of carbonyl (C=O) groups is 1. The maximum atomic E-state index is 13.3. The lowest BCUT2D eigenvalue weighted by Crippen LogP contribution is -2.20. The Balaban J connectivity index is 1.96. The lowest BCUT2D eigenvalue weighted by atomic mass is 9.92. The molecular formula is C26H40F3NO. The third-order valence-corrected chi connectivity index (χ3v) is 5.67. The topological polar surface area (TPSA) is 43.1 Å². The van der Waals surface area contributed by atoms with Crippen LogP contribution in [0.5, 0.6) is 0 Å². The Morgan fingerprint density at radius 2 is 1.26 bits per heavy atom. The second-order valence-corrected chi connectivity index (χ2v) is 8.45. The van der Waals surface area contributed by atoms with Crippen LogP contribution in [0.15, 0.2) is 42.5 Å². The minimum atomic E-state index is -4.17. The largest absolute Gasteiger partial charge is 0.395 e. The Kier molecular flexibility index (Phi) is 14.8. The summed E-state index contributed by atoms with van der Waals surface area (Å²) < 4.78 is 39.9. The van der Waals surface area contributed by atoms with Crippen LogP contribution in [-0.2, 0) is 4.79 Å². The monoisotopic (exact) mass is 439 g/mol. The lowest BCUT2D eigenvalue weighted by Gasteiger charge is -2.20. The molecule has 1 unspecified atom stereocenters. The summed E-state index contributed by atoms with van der Waals surface area (Å²) in [6.07, 6.45) is 14.7. The summed E-state index contributed by atoms with van der Waals surface area (Å²) in [7, 11) is 0. The van der Waals surface area contributed by atoms with E-state index < -0.39 is 12.1 Å². The molecule has 1 atom stereocenters. The van der Waals surface area contributed by atoms with Gasteiger partial charge in [0.2, 0.25) is 5.91 Å². The molecule has 176 valence electrons. The number of rotatable bonds is 18. The highest BCUT2D eigenvalue weighted by atomic mass is 19.4. The highest BCUT2D eigenvalue weighted by Crippen LogP contribution is 2.38. The fourth-order valence-corrected chi connectivity index (χ4v) is 3.85. The van der Waals surface area contributed by atoms with Gasteiger partial charge in [-0.1, -0.05) is 93.9 Å². The van der Waals surface area contributed by atoms with Crippen LogP contribution >= 0.6 is 0 Å². The Labute approximate surface area is 186 Å². The van der Waals surface area contributed by atoms with Gasteiger partial charge in [-0.05, 0) is 44.1 Å². The third kappa shape index (κ3) is 14.8. The van der Waals surface area contributed by atoms with Crippen LogP contribution < -0.4 is 5.73 Å². The van der Waals surface area contributed by atoms with Crippen LogP contribution in [0, 0.1) is 0 Å². The average Bonchev–Trinajstić information content (AvgIpc) is 2.72. The molecule has 2 N–H and O–H groups in total. The van der Waals surface area contributed by atoms with Crippen molar-refractivity contribution in [3.05, 3.63) is 48.0 Å². The van der Waals surface area contributed by atoms with Gasteiger partial charge in [0.1, 0.15) is 0 Å². The van der Waals surface area contributed by atoms with Gasteiger partial charge in [-0.2, -0.15) is 13.2 Å². The van der Waals surface area contributed by atoms with E-state index in [4.69, 9.17) is 5.73 Å². The van der Waals surface area contributed by atoms with E-state index in [2.05, 4.69) is 12.2 Å². The van der Waals surface area contributed by atoms with E-state index in [-0.39, 0.29) is 12.3 Å². The Morgan fingerprint density at radius 3 is 1.77 bits per heavy atom. The minimum Gasteiger partial charge on any atom is -0.370 e. The van der Waals surface area contributed by atoms with Crippen molar-refractivity contribution in [1.29, 1.82) is 0 Å². The van der Waals surface area contributed by atoms with Crippen molar-refractivity contribution in [2.24, 2.45) is 5.73 Å². The molecular weight excluding hydrogens is 399 g/mol. The number of hydrogen-bond donors (Lipinski definition) is 1. The second-order valence-electron chi connectivity index (χ2n) is 8.45. The molecule has 2 nitrogen and oxygen atoms in total. The summed E-state index contributed by atoms with van der Waals surface area (Å²) in [5, 5.41) is 0. The number of unbranched alkanes of at least 4 members (excludes halogenated alkanes) is 11. The quantitative estimate of drug-likeness (QED) is 0.182. The zero-order valence-electron chi connectivity index (χ0n) is 18.8. The number of carbonyl (C=O) groups excluding carboxylic acids is 1. The van der Waals surface area contributed by atoms with Crippen LogP contribution in [-0.4, -0.2) is 12.1 Å². The zero-order chi connectivity index (χ0) is 22.8. The predicted octanol–water partition coefficient (Wildman–Crippen LogP) is 8.23. The number of hydrogen-bond acceptors (Lipinski definition) is 1. The smallest absolute Gasteiger partial charge is 0.370 e. The van der Waals surface area contributed by atoms with E-state index in [0.717, 1.165) is 64.2 Å². The van der Waals surface area contributed by atoms with Crippen molar-refractivity contribution in [2.75, 3.05) is 0 Å². The molecule has 0 saturated carbocycles. The molecule has 5 heteroatoms. The van der Waals surface area contributed by atoms with Crippen LogP contribution in [0.2, 0.25) is 0 Å². The van der Waals surface area contributed by atoms with E-state index in [1.807, 2.05) is 0 Å². The Hall–Kier alpha value is -1.78. The van der Waals surface area contributed by atoms with E-state index >= 15 is 0 Å². The molecule has 0 heterocycles. The molecule has 31 heavy (non-hydrogen) atoms. The van der Waals surface area contributed by atoms with Crippen LogP contribution in [0.3, 0.4) is 0 Å². The average molecular weight is 440 g/mol. The van der Waals surface area contributed by atoms with Crippen LogP contribution in [0.1, 0.15) is 108 Å². The van der Waals surface area contributed by atoms with Gasteiger partial charge in [0.25, 0.3) is 0 Å². The number of allylic oxidation sites excluding steroid dienone is 2. The third-order valence-electron chi connectivity index (χ3n) is 5.67. The fraction of sp³-hybridized carbons (Fsp3) is 0.654. The second kappa shape index (κ2) is 16.9. The van der Waals surface area contributed by atoms with Gasteiger partial charge < -0.3 is 5.73 Å². The van der Waals surface area contributed by atoms with Gasteiger partial charge in [-0.25, -0.2) is 0 Å². The molecule has 1 aromatic rings. The number of halogens is 3. The first-order chi connectivity index (χ1) is 14.9. The van der Waals surface area contributed by atoms with Gasteiger partial charge in [0, 0.05) is 6.42 Å². The summed E-state index contributed by atoms with van der Waals surface area (Å²) >= 11 is 0. The summed E-state index contributed by atoms with van der Waals surface area (Å²) in [6, 6.07) is 8.27. The maximum Gasteiger partial charge on any atom is 0.395 e. The molecule has 1 rings (SSSR count). The number of alkyl halides is 3. The summed E-state index contributed by atoms with van der Waals surface area (Å²) in [5.74, 6) is -1.55. The van der Waals surface area contributed by atoms with Gasteiger partial charge >= 0.3 is 6.18 Å². The van der Waals surface area contributed by atoms with Gasteiger partial charge in [-0.3, -0.25) is 4.79 Å². The minimum absolute atomic E-state index is 0.182. The molecule has 1 aromatic carbocycles. The molecule has 0 aliphatic rings. The molecule has 0 bridgehead atoms. The molecule has 0 aliphatic heterocycles. The number of nitrogens with two attached hydrogens (primary N) is 1. The van der Waals surface area contributed by atoms with Crippen molar-refractivity contribution in [3.63, 3.8) is 0 Å².